The molecule has 0 aliphatic carbocycles. The molecule has 2 aliphatic heterocycles. The third-order valence-electron chi connectivity index (χ3n) is 6.62. The number of benzene rings is 2. The van der Waals surface area contributed by atoms with E-state index in [1.54, 1.807) is 20.3 Å². The maximum Gasteiger partial charge on any atom is 0.353 e. The summed E-state index contributed by atoms with van der Waals surface area (Å²) in [6.45, 7) is 4.18. The van der Waals surface area contributed by atoms with Crippen molar-refractivity contribution in [1.29, 1.82) is 0 Å². The molecular formula is C26H30N6O6. The molecule has 12 heteroatoms. The molecule has 38 heavy (non-hydrogen) atoms. The van der Waals surface area contributed by atoms with Crippen molar-refractivity contribution >= 4 is 17.3 Å². The number of aromatic nitrogens is 2. The number of nitro groups is 1. The zero-order chi connectivity index (χ0) is 26.5. The van der Waals surface area contributed by atoms with Gasteiger partial charge in [0.1, 0.15) is 17.8 Å². The highest BCUT2D eigenvalue weighted by atomic mass is 16.7. The number of hydrogen-bond donors (Lipinski definition) is 1. The van der Waals surface area contributed by atoms with Gasteiger partial charge in [-0.2, -0.15) is 0 Å². The Bertz CT molecular complexity index is 1270. The van der Waals surface area contributed by atoms with Crippen LogP contribution in [0, 0.1) is 10.1 Å². The molecule has 0 spiro atoms. The van der Waals surface area contributed by atoms with Gasteiger partial charge in [0, 0.05) is 45.3 Å². The molecule has 0 saturated carbocycles. The summed E-state index contributed by atoms with van der Waals surface area (Å²) in [6, 6.07) is 11.6. The van der Waals surface area contributed by atoms with Gasteiger partial charge in [0.2, 0.25) is 18.4 Å². The molecule has 0 unspecified atom stereocenters. The lowest BCUT2D eigenvalue weighted by atomic mass is 10.1. The molecule has 1 aromatic heterocycles. The van der Waals surface area contributed by atoms with Crippen molar-refractivity contribution in [3.05, 3.63) is 64.0 Å². The van der Waals surface area contributed by atoms with Gasteiger partial charge >= 0.3 is 5.69 Å². The highest BCUT2D eigenvalue weighted by Gasteiger charge is 2.29. The van der Waals surface area contributed by atoms with Gasteiger partial charge in [0.05, 0.1) is 19.1 Å². The minimum Gasteiger partial charge on any atom is -0.497 e. The molecule has 2 aromatic carbocycles. The van der Waals surface area contributed by atoms with E-state index in [1.165, 1.54) is 6.33 Å². The molecule has 3 aromatic rings. The van der Waals surface area contributed by atoms with E-state index in [4.69, 9.17) is 18.9 Å². The minimum absolute atomic E-state index is 0.111. The van der Waals surface area contributed by atoms with Crippen LogP contribution in [0.5, 0.6) is 23.0 Å². The van der Waals surface area contributed by atoms with Crippen LogP contribution in [0.4, 0.5) is 17.3 Å². The van der Waals surface area contributed by atoms with Gasteiger partial charge in [-0.15, -0.1) is 0 Å². The van der Waals surface area contributed by atoms with Crippen molar-refractivity contribution in [2.24, 2.45) is 0 Å². The van der Waals surface area contributed by atoms with Crippen molar-refractivity contribution in [2.45, 2.75) is 13.0 Å². The summed E-state index contributed by atoms with van der Waals surface area (Å²) in [4.78, 5) is 24.4. The van der Waals surface area contributed by atoms with Crippen LogP contribution in [0.2, 0.25) is 0 Å². The molecule has 2 aliphatic rings. The number of nitrogens with one attached hydrogen (secondary N) is 1. The number of piperazine rings is 1. The van der Waals surface area contributed by atoms with E-state index in [2.05, 4.69) is 20.2 Å². The Morgan fingerprint density at radius 2 is 1.71 bits per heavy atom. The maximum absolute atomic E-state index is 12.1. The Hall–Kier alpha value is -4.32. The van der Waals surface area contributed by atoms with Crippen LogP contribution >= 0.6 is 0 Å². The predicted octanol–water partition coefficient (Wildman–Crippen LogP) is 3.11. The average molecular weight is 523 g/mol. The summed E-state index contributed by atoms with van der Waals surface area (Å²) in [5.74, 6) is 3.45. The highest BCUT2D eigenvalue weighted by molar-refractivity contribution is 5.70. The first kappa shape index (κ1) is 25.3. The summed E-state index contributed by atoms with van der Waals surface area (Å²) >= 11 is 0. The van der Waals surface area contributed by atoms with E-state index in [-0.39, 0.29) is 18.3 Å². The first-order valence-corrected chi connectivity index (χ1v) is 12.3. The lowest BCUT2D eigenvalue weighted by Gasteiger charge is -2.35. The van der Waals surface area contributed by atoms with Gasteiger partial charge in [0.25, 0.3) is 0 Å². The van der Waals surface area contributed by atoms with Crippen LogP contribution in [0.1, 0.15) is 11.1 Å². The second kappa shape index (κ2) is 11.4. The lowest BCUT2D eigenvalue weighted by Crippen LogP contribution is -2.46. The molecule has 0 radical (unpaired) electrons. The Labute approximate surface area is 220 Å². The fourth-order valence-corrected chi connectivity index (χ4v) is 4.65. The summed E-state index contributed by atoms with van der Waals surface area (Å²) in [5.41, 5.74) is 2.00. The maximum atomic E-state index is 12.1. The fourth-order valence-electron chi connectivity index (χ4n) is 4.65. The molecule has 0 amide bonds. The van der Waals surface area contributed by atoms with E-state index in [1.807, 2.05) is 35.2 Å². The van der Waals surface area contributed by atoms with Gasteiger partial charge in [0.15, 0.2) is 11.5 Å². The van der Waals surface area contributed by atoms with Crippen molar-refractivity contribution in [1.82, 2.24) is 14.9 Å². The van der Waals surface area contributed by atoms with Crippen LogP contribution in [0.3, 0.4) is 0 Å². The van der Waals surface area contributed by atoms with E-state index in [0.717, 1.165) is 42.3 Å². The van der Waals surface area contributed by atoms with E-state index >= 15 is 0 Å². The van der Waals surface area contributed by atoms with E-state index < -0.39 is 4.92 Å². The van der Waals surface area contributed by atoms with Crippen LogP contribution in [0.25, 0.3) is 0 Å². The number of rotatable bonds is 10. The predicted molar refractivity (Wildman–Crippen MR) is 140 cm³/mol. The highest BCUT2D eigenvalue weighted by Crippen LogP contribution is 2.34. The fraction of sp³-hybridized carbons (Fsp3) is 0.385. The molecule has 1 N–H and O–H groups in total. The normalized spacial score (nSPS) is 14.8. The van der Waals surface area contributed by atoms with Crippen LogP contribution in [0.15, 0.2) is 42.7 Å². The molecule has 0 atom stereocenters. The molecule has 1 saturated heterocycles. The van der Waals surface area contributed by atoms with Crippen molar-refractivity contribution in [3.63, 3.8) is 0 Å². The van der Waals surface area contributed by atoms with Crippen molar-refractivity contribution in [2.75, 3.05) is 64.0 Å². The quantitative estimate of drug-likeness (QED) is 0.312. The van der Waals surface area contributed by atoms with Crippen LogP contribution in [-0.4, -0.2) is 73.5 Å². The average Bonchev–Trinajstić information content (AvgIpc) is 3.41. The van der Waals surface area contributed by atoms with Crippen molar-refractivity contribution < 1.29 is 23.9 Å². The third kappa shape index (κ3) is 5.65. The molecular weight excluding hydrogens is 492 g/mol. The monoisotopic (exact) mass is 522 g/mol. The summed E-state index contributed by atoms with van der Waals surface area (Å²) in [7, 11) is 3.19. The molecule has 0 bridgehead atoms. The van der Waals surface area contributed by atoms with E-state index in [0.29, 0.717) is 43.4 Å². The Morgan fingerprint density at radius 1 is 0.974 bits per heavy atom. The number of fused-ring (bicyclic) bond motifs is 1. The molecule has 3 heterocycles. The van der Waals surface area contributed by atoms with Gasteiger partial charge in [-0.05, 0) is 41.8 Å². The van der Waals surface area contributed by atoms with Gasteiger partial charge < -0.3 is 29.2 Å². The topological polar surface area (TPSA) is 124 Å². The summed E-state index contributed by atoms with van der Waals surface area (Å²) in [5, 5.41) is 15.2. The number of methoxy groups -OCH3 is 2. The Kier molecular flexibility index (Phi) is 7.59. The first-order valence-electron chi connectivity index (χ1n) is 12.3. The zero-order valence-corrected chi connectivity index (χ0v) is 21.4. The SMILES string of the molecule is COc1cc(CCNc2ncnc(N3CCN(Cc4ccc5c(c4)OCO5)CC3)c2[N+](=O)[O-])cc(OC)c1. The number of ether oxygens (including phenoxy) is 4. The second-order valence-corrected chi connectivity index (χ2v) is 9.00. The second-order valence-electron chi connectivity index (χ2n) is 9.00. The van der Waals surface area contributed by atoms with E-state index in [9.17, 15) is 10.1 Å². The lowest BCUT2D eigenvalue weighted by molar-refractivity contribution is -0.383. The number of anilines is 2. The van der Waals surface area contributed by atoms with Crippen LogP contribution in [-0.2, 0) is 13.0 Å². The summed E-state index contributed by atoms with van der Waals surface area (Å²) in [6.07, 6.45) is 1.97. The van der Waals surface area contributed by atoms with Gasteiger partial charge in [-0.25, -0.2) is 9.97 Å². The van der Waals surface area contributed by atoms with Gasteiger partial charge in [-0.3, -0.25) is 15.0 Å². The largest absolute Gasteiger partial charge is 0.497 e. The number of hydrogen-bond acceptors (Lipinski definition) is 11. The van der Waals surface area contributed by atoms with Crippen LogP contribution < -0.4 is 29.2 Å². The molecule has 200 valence electrons. The molecule has 12 nitrogen and oxygen atoms in total. The molecule has 1 fully saturated rings. The van der Waals surface area contributed by atoms with Crippen molar-refractivity contribution in [3.8, 4) is 23.0 Å². The standard InChI is InChI=1S/C26H30N6O6/c1-35-20-11-18(12-21(14-20)36-2)5-6-27-25-24(32(33)34)26(29-16-28-25)31-9-7-30(8-10-31)15-19-3-4-22-23(13-19)38-17-37-22/h3-4,11-14,16H,5-10,15,17H2,1-2H3,(H,27,28,29). The third-order valence-corrected chi connectivity index (χ3v) is 6.62. The number of nitrogens with zero attached hydrogens (tertiary/aromatic N) is 5. The Balaban J connectivity index is 1.22. The van der Waals surface area contributed by atoms with Gasteiger partial charge in [-0.1, -0.05) is 6.07 Å². The Morgan fingerprint density at radius 3 is 2.42 bits per heavy atom. The minimum atomic E-state index is -0.411. The zero-order valence-electron chi connectivity index (χ0n) is 21.4. The smallest absolute Gasteiger partial charge is 0.353 e. The molecule has 5 rings (SSSR count). The summed E-state index contributed by atoms with van der Waals surface area (Å²) < 4.78 is 21.5. The first-order chi connectivity index (χ1) is 18.5.